The molecule has 0 radical (unpaired) electrons. The third-order valence-electron chi connectivity index (χ3n) is 3.73. The summed E-state index contributed by atoms with van der Waals surface area (Å²) in [6.07, 6.45) is 0. The molecule has 24 heavy (non-hydrogen) atoms. The number of nitrogens with zero attached hydrogens (tertiary/aromatic N) is 1. The molecule has 0 fully saturated rings. The molecule has 1 aromatic heterocycles. The van der Waals surface area contributed by atoms with Crippen LogP contribution in [-0.2, 0) is 0 Å². The van der Waals surface area contributed by atoms with E-state index in [1.807, 2.05) is 36.4 Å². The molecule has 0 aliphatic carbocycles. The normalized spacial score (nSPS) is 10.5. The molecule has 0 saturated carbocycles. The average molecular weight is 326 g/mol. The lowest BCUT2D eigenvalue weighted by Gasteiger charge is -2.16. The summed E-state index contributed by atoms with van der Waals surface area (Å²) < 4.78 is 16.1. The monoisotopic (exact) mass is 326 g/mol. The number of H-pyrrole nitrogens is 1. The Kier molecular flexibility index (Phi) is 4.29. The first-order valence-corrected chi connectivity index (χ1v) is 7.32. The number of methoxy groups -OCH3 is 3. The van der Waals surface area contributed by atoms with E-state index in [0.29, 0.717) is 28.5 Å². The highest BCUT2D eigenvalue weighted by Gasteiger charge is 2.23. The highest BCUT2D eigenvalue weighted by atomic mass is 16.5. The van der Waals surface area contributed by atoms with Crippen LogP contribution in [0.1, 0.15) is 0 Å². The first kappa shape index (κ1) is 15.7. The van der Waals surface area contributed by atoms with E-state index < -0.39 is 0 Å². The van der Waals surface area contributed by atoms with E-state index >= 15 is 0 Å². The second kappa shape index (κ2) is 6.54. The third kappa shape index (κ3) is 2.62. The summed E-state index contributed by atoms with van der Waals surface area (Å²) in [7, 11) is 4.53. The molecule has 6 nitrogen and oxygen atoms in total. The fourth-order valence-electron chi connectivity index (χ4n) is 2.61. The Morgan fingerprint density at radius 3 is 2.25 bits per heavy atom. The first-order chi connectivity index (χ1) is 11.7. The molecular formula is C18H18N2O4. The van der Waals surface area contributed by atoms with Gasteiger partial charge in [0.15, 0.2) is 11.5 Å². The Bertz CT molecular complexity index is 844. The van der Waals surface area contributed by atoms with Crippen LogP contribution in [0.25, 0.3) is 22.5 Å². The molecule has 2 N–H and O–H groups in total. The van der Waals surface area contributed by atoms with Crippen LogP contribution in [0.3, 0.4) is 0 Å². The van der Waals surface area contributed by atoms with Gasteiger partial charge in [-0.1, -0.05) is 30.3 Å². The van der Waals surface area contributed by atoms with Crippen LogP contribution in [0, 0.1) is 0 Å². The van der Waals surface area contributed by atoms with Crippen molar-refractivity contribution in [3.63, 3.8) is 0 Å². The number of ether oxygens (including phenoxy) is 3. The summed E-state index contributed by atoms with van der Waals surface area (Å²) in [4.78, 5) is 0. The second-order valence-electron chi connectivity index (χ2n) is 5.07. The topological polar surface area (TPSA) is 76.6 Å². The summed E-state index contributed by atoms with van der Waals surface area (Å²) in [6, 6.07) is 13.1. The molecule has 0 aliphatic heterocycles. The van der Waals surface area contributed by atoms with E-state index in [2.05, 4.69) is 10.2 Å². The molecular weight excluding hydrogens is 308 g/mol. The lowest BCUT2D eigenvalue weighted by Crippen LogP contribution is -1.97. The molecule has 0 aliphatic rings. The second-order valence-corrected chi connectivity index (χ2v) is 5.07. The van der Waals surface area contributed by atoms with Gasteiger partial charge >= 0.3 is 0 Å². The summed E-state index contributed by atoms with van der Waals surface area (Å²) in [5.41, 5.74) is 2.81. The van der Waals surface area contributed by atoms with Gasteiger partial charge < -0.3 is 19.3 Å². The van der Waals surface area contributed by atoms with Crippen LogP contribution < -0.4 is 14.2 Å². The Hall–Kier alpha value is -3.15. The quantitative estimate of drug-likeness (QED) is 0.751. The number of benzene rings is 2. The molecule has 6 heteroatoms. The van der Waals surface area contributed by atoms with Crippen molar-refractivity contribution in [3.05, 3.63) is 42.5 Å². The predicted octanol–water partition coefficient (Wildman–Crippen LogP) is 3.48. The van der Waals surface area contributed by atoms with Crippen molar-refractivity contribution >= 4 is 0 Å². The van der Waals surface area contributed by atoms with Crippen LogP contribution in [0.4, 0.5) is 0 Å². The van der Waals surface area contributed by atoms with E-state index in [-0.39, 0.29) is 5.75 Å². The smallest absolute Gasteiger partial charge is 0.204 e. The number of phenolic OH excluding ortho intramolecular Hbond substituents is 1. The van der Waals surface area contributed by atoms with Gasteiger partial charge in [-0.3, -0.25) is 5.10 Å². The van der Waals surface area contributed by atoms with E-state index in [4.69, 9.17) is 14.2 Å². The number of phenols is 1. The van der Waals surface area contributed by atoms with Crippen molar-refractivity contribution in [1.29, 1.82) is 0 Å². The fourth-order valence-corrected chi connectivity index (χ4v) is 2.61. The maximum absolute atomic E-state index is 10.4. The Morgan fingerprint density at radius 2 is 1.62 bits per heavy atom. The SMILES string of the molecule is COc1cc(O)c(-c2cc(-c3ccccc3)n[nH]2)c(OC)c1OC. The number of hydrogen-bond acceptors (Lipinski definition) is 5. The van der Waals surface area contributed by atoms with Gasteiger partial charge in [-0.2, -0.15) is 5.10 Å². The molecule has 3 rings (SSSR count). The van der Waals surface area contributed by atoms with Gasteiger partial charge in [0.2, 0.25) is 5.75 Å². The fraction of sp³-hybridized carbons (Fsp3) is 0.167. The minimum Gasteiger partial charge on any atom is -0.507 e. The minimum absolute atomic E-state index is 0.00719. The standard InChI is InChI=1S/C18H18N2O4/c1-22-15-10-14(21)16(18(24-3)17(15)23-2)13-9-12(19-20-13)11-7-5-4-6-8-11/h4-10,21H,1-3H3,(H,19,20). The molecule has 0 bridgehead atoms. The van der Waals surface area contributed by atoms with Gasteiger partial charge in [0.25, 0.3) is 0 Å². The lowest BCUT2D eigenvalue weighted by molar-refractivity contribution is 0.321. The van der Waals surface area contributed by atoms with E-state index in [0.717, 1.165) is 11.3 Å². The molecule has 2 aromatic carbocycles. The average Bonchev–Trinajstić information content (AvgIpc) is 3.10. The molecule has 0 spiro atoms. The van der Waals surface area contributed by atoms with E-state index in [9.17, 15) is 5.11 Å². The van der Waals surface area contributed by atoms with E-state index in [1.165, 1.54) is 27.4 Å². The number of rotatable bonds is 5. The summed E-state index contributed by atoms with van der Waals surface area (Å²) in [5, 5.41) is 17.7. The van der Waals surface area contributed by atoms with Crippen molar-refractivity contribution in [1.82, 2.24) is 10.2 Å². The van der Waals surface area contributed by atoms with Crippen molar-refractivity contribution in [3.8, 4) is 45.5 Å². The zero-order valence-electron chi connectivity index (χ0n) is 13.7. The number of nitrogens with one attached hydrogen (secondary N) is 1. The van der Waals surface area contributed by atoms with Crippen LogP contribution in [-0.4, -0.2) is 36.6 Å². The van der Waals surface area contributed by atoms with Crippen LogP contribution in [0.15, 0.2) is 42.5 Å². The first-order valence-electron chi connectivity index (χ1n) is 7.32. The van der Waals surface area contributed by atoms with Gasteiger partial charge in [-0.05, 0) is 6.07 Å². The zero-order valence-corrected chi connectivity index (χ0v) is 13.7. The Balaban J connectivity index is 2.15. The van der Waals surface area contributed by atoms with Crippen molar-refractivity contribution < 1.29 is 19.3 Å². The number of aromatic amines is 1. The van der Waals surface area contributed by atoms with Crippen LogP contribution in [0.5, 0.6) is 23.0 Å². The molecule has 1 heterocycles. The van der Waals surface area contributed by atoms with Gasteiger partial charge in [0, 0.05) is 11.6 Å². The molecule has 3 aromatic rings. The molecule has 0 unspecified atom stereocenters. The van der Waals surface area contributed by atoms with Crippen LogP contribution >= 0.6 is 0 Å². The maximum atomic E-state index is 10.4. The molecule has 0 atom stereocenters. The molecule has 0 amide bonds. The minimum atomic E-state index is 0.00719. The number of aromatic hydroxyl groups is 1. The van der Waals surface area contributed by atoms with Gasteiger partial charge in [-0.25, -0.2) is 0 Å². The van der Waals surface area contributed by atoms with Crippen molar-refractivity contribution in [2.24, 2.45) is 0 Å². The van der Waals surface area contributed by atoms with Gasteiger partial charge in [0.1, 0.15) is 5.75 Å². The van der Waals surface area contributed by atoms with Crippen molar-refractivity contribution in [2.75, 3.05) is 21.3 Å². The molecule has 124 valence electrons. The van der Waals surface area contributed by atoms with Crippen LogP contribution in [0.2, 0.25) is 0 Å². The number of hydrogen-bond donors (Lipinski definition) is 2. The van der Waals surface area contributed by atoms with Crippen molar-refractivity contribution in [2.45, 2.75) is 0 Å². The number of aromatic nitrogens is 2. The largest absolute Gasteiger partial charge is 0.507 e. The van der Waals surface area contributed by atoms with Gasteiger partial charge in [-0.15, -0.1) is 0 Å². The zero-order chi connectivity index (χ0) is 17.1. The highest BCUT2D eigenvalue weighted by molar-refractivity contribution is 5.81. The molecule has 0 saturated heterocycles. The Labute approximate surface area is 139 Å². The summed E-state index contributed by atoms with van der Waals surface area (Å²) >= 11 is 0. The predicted molar refractivity (Wildman–Crippen MR) is 90.8 cm³/mol. The maximum Gasteiger partial charge on any atom is 0.204 e. The van der Waals surface area contributed by atoms with E-state index in [1.54, 1.807) is 0 Å². The lowest BCUT2D eigenvalue weighted by atomic mass is 10.1. The summed E-state index contributed by atoms with van der Waals surface area (Å²) in [6.45, 7) is 0. The highest BCUT2D eigenvalue weighted by Crippen LogP contribution is 2.49. The third-order valence-corrected chi connectivity index (χ3v) is 3.73. The summed E-state index contributed by atoms with van der Waals surface area (Å²) in [5.74, 6) is 1.17. The Morgan fingerprint density at radius 1 is 0.917 bits per heavy atom. The van der Waals surface area contributed by atoms with Gasteiger partial charge in [0.05, 0.1) is 38.3 Å².